The summed E-state index contributed by atoms with van der Waals surface area (Å²) in [7, 11) is 0. The van der Waals surface area contributed by atoms with E-state index in [2.05, 4.69) is 15.5 Å². The highest BCUT2D eigenvalue weighted by atomic mass is 32.1. The van der Waals surface area contributed by atoms with Crippen molar-refractivity contribution in [3.05, 3.63) is 53.2 Å². The molecule has 0 saturated heterocycles. The molecule has 6 nitrogen and oxygen atoms in total. The van der Waals surface area contributed by atoms with Crippen LogP contribution in [0.15, 0.2) is 46.3 Å². The summed E-state index contributed by atoms with van der Waals surface area (Å²) in [4.78, 5) is 17.3. The summed E-state index contributed by atoms with van der Waals surface area (Å²) < 4.78 is 10.7. The minimum absolute atomic E-state index is 0.0970. The van der Waals surface area contributed by atoms with Crippen LogP contribution in [0.3, 0.4) is 0 Å². The standard InChI is InChI=1S/C17H17N3O3S/c1-11(2)22-13-7-5-12(6-8-13)17(21)18-10-15-19-16(20-23-15)14-4-3-9-24-14/h3-9,11H,10H2,1-2H3,(H,18,21). The third-order valence-corrected chi connectivity index (χ3v) is 3.96. The quantitative estimate of drug-likeness (QED) is 0.741. The Morgan fingerprint density at radius 2 is 2.08 bits per heavy atom. The first kappa shape index (κ1) is 16.2. The summed E-state index contributed by atoms with van der Waals surface area (Å²) in [6.07, 6.45) is 0.0970. The van der Waals surface area contributed by atoms with Crippen molar-refractivity contribution in [2.24, 2.45) is 0 Å². The highest BCUT2D eigenvalue weighted by Crippen LogP contribution is 2.21. The Kier molecular flexibility index (Phi) is 4.90. The maximum atomic E-state index is 12.1. The first-order chi connectivity index (χ1) is 11.6. The van der Waals surface area contributed by atoms with Gasteiger partial charge in [-0.15, -0.1) is 11.3 Å². The molecule has 2 heterocycles. The number of thiophene rings is 1. The van der Waals surface area contributed by atoms with Crippen molar-refractivity contribution in [1.82, 2.24) is 15.5 Å². The van der Waals surface area contributed by atoms with E-state index in [0.717, 1.165) is 10.6 Å². The SMILES string of the molecule is CC(C)Oc1ccc(C(=O)NCc2nc(-c3cccs3)no2)cc1. The molecule has 3 aromatic rings. The van der Waals surface area contributed by atoms with E-state index in [9.17, 15) is 4.79 Å². The minimum Gasteiger partial charge on any atom is -0.491 e. The average Bonchev–Trinajstić information content (AvgIpc) is 3.24. The molecule has 1 amide bonds. The summed E-state index contributed by atoms with van der Waals surface area (Å²) in [6.45, 7) is 4.09. The molecule has 1 aromatic carbocycles. The highest BCUT2D eigenvalue weighted by molar-refractivity contribution is 7.13. The zero-order chi connectivity index (χ0) is 16.9. The van der Waals surface area contributed by atoms with Gasteiger partial charge in [-0.3, -0.25) is 4.79 Å². The van der Waals surface area contributed by atoms with E-state index >= 15 is 0 Å². The average molecular weight is 343 g/mol. The third-order valence-electron chi connectivity index (χ3n) is 3.10. The molecule has 124 valence electrons. The number of rotatable bonds is 6. The lowest BCUT2D eigenvalue weighted by molar-refractivity contribution is 0.0946. The van der Waals surface area contributed by atoms with Crippen LogP contribution in [0.1, 0.15) is 30.1 Å². The van der Waals surface area contributed by atoms with Gasteiger partial charge in [-0.05, 0) is 49.6 Å². The van der Waals surface area contributed by atoms with Gasteiger partial charge < -0.3 is 14.6 Å². The number of nitrogens with one attached hydrogen (secondary N) is 1. The predicted molar refractivity (Wildman–Crippen MR) is 91.0 cm³/mol. The summed E-state index contributed by atoms with van der Waals surface area (Å²) >= 11 is 1.53. The van der Waals surface area contributed by atoms with Crippen molar-refractivity contribution in [3.63, 3.8) is 0 Å². The molecule has 24 heavy (non-hydrogen) atoms. The lowest BCUT2D eigenvalue weighted by atomic mass is 10.2. The number of ether oxygens (including phenoxy) is 1. The van der Waals surface area contributed by atoms with Crippen LogP contribution in [0.2, 0.25) is 0 Å². The number of carbonyl (C=O) groups is 1. The summed E-state index contributed by atoms with van der Waals surface area (Å²) in [5, 5.41) is 8.61. The molecule has 2 aromatic heterocycles. The van der Waals surface area contributed by atoms with Gasteiger partial charge in [-0.1, -0.05) is 11.2 Å². The second-order valence-corrected chi connectivity index (χ2v) is 6.31. The summed E-state index contributed by atoms with van der Waals surface area (Å²) in [5.74, 6) is 1.43. The van der Waals surface area contributed by atoms with Crippen molar-refractivity contribution in [3.8, 4) is 16.5 Å². The summed E-state index contributed by atoms with van der Waals surface area (Å²) in [6, 6.07) is 10.8. The van der Waals surface area contributed by atoms with Crippen LogP contribution in [-0.4, -0.2) is 22.2 Å². The number of hydrogen-bond donors (Lipinski definition) is 1. The van der Waals surface area contributed by atoms with Gasteiger partial charge in [0.25, 0.3) is 5.91 Å². The molecule has 3 rings (SSSR count). The molecule has 1 N–H and O–H groups in total. The Labute approximate surface area is 143 Å². The monoisotopic (exact) mass is 343 g/mol. The molecule has 0 aliphatic heterocycles. The van der Waals surface area contributed by atoms with Crippen LogP contribution in [0, 0.1) is 0 Å². The molecule has 0 radical (unpaired) electrons. The van der Waals surface area contributed by atoms with Crippen LogP contribution in [0.5, 0.6) is 5.75 Å². The topological polar surface area (TPSA) is 77.2 Å². The molecule has 7 heteroatoms. The summed E-state index contributed by atoms with van der Waals surface area (Å²) in [5.41, 5.74) is 0.545. The zero-order valence-corrected chi connectivity index (χ0v) is 14.2. The number of hydrogen-bond acceptors (Lipinski definition) is 6. The molecule has 0 unspecified atom stereocenters. The van der Waals surface area contributed by atoms with Crippen LogP contribution in [0.4, 0.5) is 0 Å². The van der Waals surface area contributed by atoms with E-state index < -0.39 is 0 Å². The van der Waals surface area contributed by atoms with E-state index in [1.165, 1.54) is 11.3 Å². The first-order valence-electron chi connectivity index (χ1n) is 7.53. The minimum atomic E-state index is -0.207. The van der Waals surface area contributed by atoms with E-state index in [4.69, 9.17) is 9.26 Å². The number of aromatic nitrogens is 2. The number of nitrogens with zero attached hydrogens (tertiary/aromatic N) is 2. The molecule has 0 bridgehead atoms. The van der Waals surface area contributed by atoms with E-state index in [0.29, 0.717) is 17.3 Å². The van der Waals surface area contributed by atoms with Crippen LogP contribution in [-0.2, 0) is 6.54 Å². The van der Waals surface area contributed by atoms with Gasteiger partial charge in [0.2, 0.25) is 11.7 Å². The van der Waals surface area contributed by atoms with Crippen molar-refractivity contribution in [2.45, 2.75) is 26.5 Å². The Morgan fingerprint density at radius 3 is 2.75 bits per heavy atom. The Hall–Kier alpha value is -2.67. The molecule has 0 atom stereocenters. The Bertz CT molecular complexity index is 795. The van der Waals surface area contributed by atoms with Gasteiger partial charge in [0.05, 0.1) is 17.5 Å². The van der Waals surface area contributed by atoms with E-state index in [1.54, 1.807) is 24.3 Å². The fourth-order valence-corrected chi connectivity index (χ4v) is 2.70. The largest absolute Gasteiger partial charge is 0.491 e. The van der Waals surface area contributed by atoms with Gasteiger partial charge >= 0.3 is 0 Å². The van der Waals surface area contributed by atoms with Crippen LogP contribution < -0.4 is 10.1 Å². The molecule has 0 aliphatic rings. The van der Waals surface area contributed by atoms with Crippen molar-refractivity contribution in [1.29, 1.82) is 0 Å². The zero-order valence-electron chi connectivity index (χ0n) is 13.4. The van der Waals surface area contributed by atoms with Gasteiger partial charge in [0, 0.05) is 5.56 Å². The molecular weight excluding hydrogens is 326 g/mol. The second-order valence-electron chi connectivity index (χ2n) is 5.36. The van der Waals surface area contributed by atoms with E-state index in [-0.39, 0.29) is 18.6 Å². The highest BCUT2D eigenvalue weighted by Gasteiger charge is 2.11. The lowest BCUT2D eigenvalue weighted by Crippen LogP contribution is -2.22. The fourth-order valence-electron chi connectivity index (χ4n) is 2.05. The second kappa shape index (κ2) is 7.27. The maximum Gasteiger partial charge on any atom is 0.251 e. The molecule has 0 spiro atoms. The smallest absolute Gasteiger partial charge is 0.251 e. The van der Waals surface area contributed by atoms with E-state index in [1.807, 2.05) is 31.4 Å². The van der Waals surface area contributed by atoms with Crippen molar-refractivity contribution >= 4 is 17.2 Å². The van der Waals surface area contributed by atoms with Gasteiger partial charge in [-0.2, -0.15) is 4.98 Å². The van der Waals surface area contributed by atoms with Crippen molar-refractivity contribution < 1.29 is 14.1 Å². The van der Waals surface area contributed by atoms with Gasteiger partial charge in [-0.25, -0.2) is 0 Å². The van der Waals surface area contributed by atoms with Crippen LogP contribution in [0.25, 0.3) is 10.7 Å². The number of carbonyl (C=O) groups excluding carboxylic acids is 1. The fraction of sp³-hybridized carbons (Fsp3) is 0.235. The van der Waals surface area contributed by atoms with Gasteiger partial charge in [0.15, 0.2) is 0 Å². The number of benzene rings is 1. The normalized spacial score (nSPS) is 10.8. The van der Waals surface area contributed by atoms with Crippen LogP contribution >= 0.6 is 11.3 Å². The molecule has 0 saturated carbocycles. The Morgan fingerprint density at radius 1 is 1.29 bits per heavy atom. The Balaban J connectivity index is 1.57. The third kappa shape index (κ3) is 3.99. The maximum absolute atomic E-state index is 12.1. The molecule has 0 aliphatic carbocycles. The predicted octanol–water partition coefficient (Wildman–Crippen LogP) is 3.52. The lowest BCUT2D eigenvalue weighted by Gasteiger charge is -2.09. The van der Waals surface area contributed by atoms with Crippen molar-refractivity contribution in [2.75, 3.05) is 0 Å². The molecular formula is C17H17N3O3S. The molecule has 0 fully saturated rings. The first-order valence-corrected chi connectivity index (χ1v) is 8.41. The van der Waals surface area contributed by atoms with Gasteiger partial charge in [0.1, 0.15) is 5.75 Å². The number of amides is 1.